The largest absolute Gasteiger partial charge is 0.311 e. The maximum atomic E-state index is 2.37. The standard InChI is InChI=1S/C58H39N/c1-2-12-40(13-3-1)53-22-10-24-55-56-25-11-23-54(58(56)39-38-57(53)55)45-30-36-48(37-31-45)59(46-32-26-43(27-33-46)51-20-8-16-41-14-4-6-18-49(41)51)47-34-28-44(29-35-47)52-21-9-17-42-15-5-7-19-50(42)52/h1-39H. The molecule has 276 valence electrons. The third kappa shape index (κ3) is 6.21. The van der Waals surface area contributed by atoms with E-state index in [9.17, 15) is 0 Å². The van der Waals surface area contributed by atoms with E-state index >= 15 is 0 Å². The number of hydrogen-bond donors (Lipinski definition) is 0. The second-order valence-corrected chi connectivity index (χ2v) is 15.3. The molecule has 59 heavy (non-hydrogen) atoms. The SMILES string of the molecule is c1ccc(-c2cccc3c2ccc2c(-c4ccc(N(c5ccc(-c6cccc7ccccc67)cc5)c5ccc(-c6cccc7ccccc67)cc5)cc4)cccc23)cc1. The molecule has 0 spiro atoms. The summed E-state index contributed by atoms with van der Waals surface area (Å²) < 4.78 is 0. The number of hydrogen-bond acceptors (Lipinski definition) is 1. The van der Waals surface area contributed by atoms with Crippen LogP contribution in [0.15, 0.2) is 237 Å². The maximum Gasteiger partial charge on any atom is 0.0462 e. The average Bonchev–Trinajstić information content (AvgIpc) is 3.32. The highest BCUT2D eigenvalue weighted by atomic mass is 15.1. The summed E-state index contributed by atoms with van der Waals surface area (Å²) in [6.45, 7) is 0. The number of rotatable bonds is 7. The molecular formula is C58H39N. The number of fused-ring (bicyclic) bond motifs is 5. The van der Waals surface area contributed by atoms with Crippen LogP contribution in [0, 0.1) is 0 Å². The topological polar surface area (TPSA) is 3.24 Å². The van der Waals surface area contributed by atoms with Gasteiger partial charge in [0, 0.05) is 17.1 Å². The van der Waals surface area contributed by atoms with Gasteiger partial charge in [0.1, 0.15) is 0 Å². The minimum Gasteiger partial charge on any atom is -0.311 e. The summed E-state index contributed by atoms with van der Waals surface area (Å²) >= 11 is 0. The second-order valence-electron chi connectivity index (χ2n) is 15.3. The van der Waals surface area contributed by atoms with Crippen LogP contribution in [0.4, 0.5) is 17.1 Å². The third-order valence-electron chi connectivity index (χ3n) is 11.9. The van der Waals surface area contributed by atoms with Crippen LogP contribution in [0.3, 0.4) is 0 Å². The van der Waals surface area contributed by atoms with Crippen molar-refractivity contribution in [2.24, 2.45) is 0 Å². The van der Waals surface area contributed by atoms with E-state index in [4.69, 9.17) is 0 Å². The summed E-state index contributed by atoms with van der Waals surface area (Å²) in [4.78, 5) is 2.37. The van der Waals surface area contributed by atoms with E-state index < -0.39 is 0 Å². The Kier molecular flexibility index (Phi) is 8.56. The van der Waals surface area contributed by atoms with Crippen LogP contribution in [-0.2, 0) is 0 Å². The summed E-state index contributed by atoms with van der Waals surface area (Å²) in [6, 6.07) is 86.1. The van der Waals surface area contributed by atoms with Crippen LogP contribution in [0.5, 0.6) is 0 Å². The highest BCUT2D eigenvalue weighted by Crippen LogP contribution is 2.41. The smallest absolute Gasteiger partial charge is 0.0462 e. The van der Waals surface area contributed by atoms with Crippen LogP contribution < -0.4 is 4.90 Å². The highest BCUT2D eigenvalue weighted by molar-refractivity contribution is 6.15. The molecule has 0 N–H and O–H groups in total. The molecule has 0 amide bonds. The normalized spacial score (nSPS) is 11.4. The first-order chi connectivity index (χ1) is 29.3. The summed E-state index contributed by atoms with van der Waals surface area (Å²) in [5, 5.41) is 10.1. The Morgan fingerprint density at radius 1 is 0.186 bits per heavy atom. The lowest BCUT2D eigenvalue weighted by Gasteiger charge is -2.26. The molecule has 0 saturated heterocycles. The zero-order valence-electron chi connectivity index (χ0n) is 32.5. The molecule has 0 unspecified atom stereocenters. The van der Waals surface area contributed by atoms with Crippen molar-refractivity contribution >= 4 is 60.2 Å². The Morgan fingerprint density at radius 2 is 0.492 bits per heavy atom. The Balaban J connectivity index is 0.993. The van der Waals surface area contributed by atoms with Crippen molar-refractivity contribution in [2.75, 3.05) is 4.90 Å². The van der Waals surface area contributed by atoms with Gasteiger partial charge < -0.3 is 4.90 Å². The van der Waals surface area contributed by atoms with Gasteiger partial charge in [-0.1, -0.05) is 200 Å². The van der Waals surface area contributed by atoms with E-state index in [1.54, 1.807) is 0 Å². The molecule has 0 heterocycles. The van der Waals surface area contributed by atoms with E-state index in [1.165, 1.54) is 87.6 Å². The van der Waals surface area contributed by atoms with E-state index in [0.29, 0.717) is 0 Å². The van der Waals surface area contributed by atoms with E-state index in [1.807, 2.05) is 0 Å². The van der Waals surface area contributed by atoms with Crippen molar-refractivity contribution in [3.05, 3.63) is 237 Å². The predicted octanol–water partition coefficient (Wildman–Crippen LogP) is 16.4. The molecule has 0 aliphatic heterocycles. The molecule has 0 aliphatic rings. The van der Waals surface area contributed by atoms with Gasteiger partial charge in [0.2, 0.25) is 0 Å². The van der Waals surface area contributed by atoms with Gasteiger partial charge in [-0.15, -0.1) is 0 Å². The molecule has 0 bridgehead atoms. The molecule has 0 aromatic heterocycles. The third-order valence-corrected chi connectivity index (χ3v) is 11.9. The number of benzene rings is 11. The first-order valence-electron chi connectivity index (χ1n) is 20.3. The van der Waals surface area contributed by atoms with Crippen LogP contribution >= 0.6 is 0 Å². The Bertz CT molecular complexity index is 3160. The van der Waals surface area contributed by atoms with Crippen LogP contribution in [0.25, 0.3) is 87.6 Å². The molecule has 11 rings (SSSR count). The zero-order valence-corrected chi connectivity index (χ0v) is 32.5. The monoisotopic (exact) mass is 749 g/mol. The Labute approximate surface area is 344 Å². The fourth-order valence-electron chi connectivity index (χ4n) is 9.02. The maximum absolute atomic E-state index is 2.37. The highest BCUT2D eigenvalue weighted by Gasteiger charge is 2.16. The van der Waals surface area contributed by atoms with Crippen molar-refractivity contribution in [2.45, 2.75) is 0 Å². The number of anilines is 3. The minimum absolute atomic E-state index is 1.10. The fraction of sp³-hybridized carbons (Fsp3) is 0. The molecule has 0 aliphatic carbocycles. The van der Waals surface area contributed by atoms with Crippen LogP contribution in [-0.4, -0.2) is 0 Å². The molecule has 0 saturated carbocycles. The first kappa shape index (κ1) is 34.5. The molecule has 11 aromatic rings. The summed E-state index contributed by atoms with van der Waals surface area (Å²) in [6.07, 6.45) is 0. The van der Waals surface area contributed by atoms with Crippen molar-refractivity contribution in [1.29, 1.82) is 0 Å². The minimum atomic E-state index is 1.10. The fourth-order valence-corrected chi connectivity index (χ4v) is 9.02. The molecule has 0 radical (unpaired) electrons. The molecule has 0 fully saturated rings. The van der Waals surface area contributed by atoms with Crippen molar-refractivity contribution in [3.63, 3.8) is 0 Å². The first-order valence-corrected chi connectivity index (χ1v) is 20.3. The zero-order chi connectivity index (χ0) is 39.1. The summed E-state index contributed by atoms with van der Waals surface area (Å²) in [5.74, 6) is 0. The average molecular weight is 750 g/mol. The molecule has 11 aromatic carbocycles. The van der Waals surface area contributed by atoms with Crippen LogP contribution in [0.1, 0.15) is 0 Å². The Morgan fingerprint density at radius 3 is 0.915 bits per heavy atom. The van der Waals surface area contributed by atoms with E-state index in [0.717, 1.165) is 17.1 Å². The van der Waals surface area contributed by atoms with Crippen molar-refractivity contribution in [3.8, 4) is 44.5 Å². The van der Waals surface area contributed by atoms with Gasteiger partial charge in [-0.05, 0) is 124 Å². The number of nitrogens with zero attached hydrogens (tertiary/aromatic N) is 1. The van der Waals surface area contributed by atoms with E-state index in [-0.39, 0.29) is 0 Å². The van der Waals surface area contributed by atoms with Crippen molar-refractivity contribution in [1.82, 2.24) is 0 Å². The van der Waals surface area contributed by atoms with Gasteiger partial charge >= 0.3 is 0 Å². The van der Waals surface area contributed by atoms with Gasteiger partial charge in [-0.2, -0.15) is 0 Å². The molecule has 1 heteroatoms. The van der Waals surface area contributed by atoms with Crippen LogP contribution in [0.2, 0.25) is 0 Å². The quantitative estimate of drug-likeness (QED) is 0.147. The lowest BCUT2D eigenvalue weighted by Crippen LogP contribution is -2.09. The van der Waals surface area contributed by atoms with Gasteiger partial charge in [-0.3, -0.25) is 0 Å². The van der Waals surface area contributed by atoms with E-state index in [2.05, 4.69) is 241 Å². The van der Waals surface area contributed by atoms with Gasteiger partial charge in [0.05, 0.1) is 0 Å². The van der Waals surface area contributed by atoms with Crippen molar-refractivity contribution < 1.29 is 0 Å². The Hall–Kier alpha value is -7.74. The summed E-state index contributed by atoms with van der Waals surface area (Å²) in [5.41, 5.74) is 13.1. The lowest BCUT2D eigenvalue weighted by atomic mass is 9.91. The second kappa shape index (κ2) is 14.6. The van der Waals surface area contributed by atoms with Gasteiger partial charge in [0.25, 0.3) is 0 Å². The predicted molar refractivity (Wildman–Crippen MR) is 253 cm³/mol. The molecular weight excluding hydrogens is 711 g/mol. The lowest BCUT2D eigenvalue weighted by molar-refractivity contribution is 1.28. The molecule has 0 atom stereocenters. The van der Waals surface area contributed by atoms with Gasteiger partial charge in [-0.25, -0.2) is 0 Å². The molecule has 1 nitrogen and oxygen atoms in total. The summed E-state index contributed by atoms with van der Waals surface area (Å²) in [7, 11) is 0. The van der Waals surface area contributed by atoms with Gasteiger partial charge in [0.15, 0.2) is 0 Å².